The summed E-state index contributed by atoms with van der Waals surface area (Å²) in [5, 5.41) is 2.82. The molecule has 158 valence electrons. The average molecular weight is 428 g/mol. The molecule has 30 heavy (non-hydrogen) atoms. The second-order valence-corrected chi connectivity index (χ2v) is 9.18. The van der Waals surface area contributed by atoms with Crippen LogP contribution in [-0.2, 0) is 19.6 Å². The number of nitrogens with zero attached hydrogens (tertiary/aromatic N) is 2. The molecule has 4 rings (SSSR count). The van der Waals surface area contributed by atoms with Crippen molar-refractivity contribution in [3.63, 3.8) is 0 Å². The van der Waals surface area contributed by atoms with Crippen molar-refractivity contribution in [3.05, 3.63) is 70.6 Å². The molecule has 1 amide bonds. The molecule has 1 N–H and O–H groups in total. The van der Waals surface area contributed by atoms with E-state index in [1.54, 1.807) is 12.1 Å². The normalized spacial score (nSPS) is 18.8. The Kier molecular flexibility index (Phi) is 5.90. The molecule has 1 saturated heterocycles. The summed E-state index contributed by atoms with van der Waals surface area (Å²) in [5.74, 6) is -0.580. The SMILES string of the molecule is CN1c2ccccc2C(c2ccccc2)=C(C(=O)NCCN2CCOCC2)S1(=O)=O. The molecule has 0 unspecified atom stereocenters. The van der Waals surface area contributed by atoms with Crippen molar-refractivity contribution in [2.24, 2.45) is 0 Å². The highest BCUT2D eigenvalue weighted by Gasteiger charge is 2.39. The largest absolute Gasteiger partial charge is 0.379 e. The number of morpholine rings is 1. The number of hydrogen-bond donors (Lipinski definition) is 1. The Hall–Kier alpha value is -2.68. The van der Waals surface area contributed by atoms with Crippen LogP contribution in [-0.4, -0.2) is 65.7 Å². The third-order valence-electron chi connectivity index (χ3n) is 5.44. The minimum atomic E-state index is -4.00. The zero-order chi connectivity index (χ0) is 21.1. The van der Waals surface area contributed by atoms with Gasteiger partial charge < -0.3 is 10.1 Å². The summed E-state index contributed by atoms with van der Waals surface area (Å²) in [6.07, 6.45) is 0. The molecule has 2 aromatic carbocycles. The molecule has 0 bridgehead atoms. The van der Waals surface area contributed by atoms with Crippen LogP contribution in [0.3, 0.4) is 0 Å². The van der Waals surface area contributed by atoms with Gasteiger partial charge in [-0.1, -0.05) is 48.5 Å². The number of amides is 1. The Labute approximate surface area is 177 Å². The summed E-state index contributed by atoms with van der Waals surface area (Å²) >= 11 is 0. The molecule has 2 heterocycles. The standard InChI is InChI=1S/C22H25N3O4S/c1-24-19-10-6-5-9-18(19)20(17-7-3-2-4-8-17)21(30(24,27)28)22(26)23-11-12-25-13-15-29-16-14-25/h2-10H,11-16H2,1H3,(H,23,26). The Bertz CT molecular complexity index is 1060. The molecule has 0 saturated carbocycles. The molecule has 8 heteroatoms. The minimum Gasteiger partial charge on any atom is -0.379 e. The lowest BCUT2D eigenvalue weighted by Crippen LogP contribution is -2.43. The lowest BCUT2D eigenvalue weighted by Gasteiger charge is -2.31. The van der Waals surface area contributed by atoms with Crippen molar-refractivity contribution in [2.45, 2.75) is 0 Å². The van der Waals surface area contributed by atoms with Gasteiger partial charge in [0.05, 0.1) is 18.9 Å². The highest BCUT2D eigenvalue weighted by molar-refractivity contribution is 7.97. The fraction of sp³-hybridized carbons (Fsp3) is 0.318. The zero-order valence-corrected chi connectivity index (χ0v) is 17.7. The number of fused-ring (bicyclic) bond motifs is 1. The van der Waals surface area contributed by atoms with Gasteiger partial charge in [0, 0.05) is 44.4 Å². The maximum absolute atomic E-state index is 13.3. The Morgan fingerprint density at radius 2 is 1.70 bits per heavy atom. The number of rotatable bonds is 5. The van der Waals surface area contributed by atoms with Gasteiger partial charge >= 0.3 is 0 Å². The quantitative estimate of drug-likeness (QED) is 0.786. The van der Waals surface area contributed by atoms with E-state index in [2.05, 4.69) is 10.2 Å². The lowest BCUT2D eigenvalue weighted by atomic mass is 9.95. The first-order valence-electron chi connectivity index (χ1n) is 9.96. The molecule has 0 spiro atoms. The molecule has 2 aliphatic rings. The monoisotopic (exact) mass is 427 g/mol. The summed E-state index contributed by atoms with van der Waals surface area (Å²) in [5.41, 5.74) is 2.41. The first-order valence-corrected chi connectivity index (χ1v) is 11.4. The summed E-state index contributed by atoms with van der Waals surface area (Å²) in [6, 6.07) is 16.4. The van der Waals surface area contributed by atoms with E-state index in [-0.39, 0.29) is 4.91 Å². The van der Waals surface area contributed by atoms with Gasteiger partial charge in [0.25, 0.3) is 15.9 Å². The number of nitrogens with one attached hydrogen (secondary N) is 1. The second kappa shape index (κ2) is 8.59. The molecule has 0 aliphatic carbocycles. The Morgan fingerprint density at radius 3 is 2.43 bits per heavy atom. The number of sulfonamides is 1. The van der Waals surface area contributed by atoms with Crippen molar-refractivity contribution in [1.29, 1.82) is 0 Å². The number of ether oxygens (including phenoxy) is 1. The van der Waals surface area contributed by atoms with Crippen molar-refractivity contribution < 1.29 is 17.9 Å². The first-order chi connectivity index (χ1) is 14.5. The number of anilines is 1. The predicted molar refractivity (Wildman–Crippen MR) is 116 cm³/mol. The van der Waals surface area contributed by atoms with Crippen LogP contribution < -0.4 is 9.62 Å². The summed E-state index contributed by atoms with van der Waals surface area (Å²) in [6.45, 7) is 3.98. The smallest absolute Gasteiger partial charge is 0.270 e. The van der Waals surface area contributed by atoms with Crippen LogP contribution in [0.5, 0.6) is 0 Å². The summed E-state index contributed by atoms with van der Waals surface area (Å²) in [7, 11) is -2.52. The van der Waals surface area contributed by atoms with Crippen LogP contribution in [0.2, 0.25) is 0 Å². The van der Waals surface area contributed by atoms with Gasteiger partial charge in [-0.2, -0.15) is 0 Å². The Balaban J connectivity index is 1.72. The fourth-order valence-electron chi connectivity index (χ4n) is 3.83. The predicted octanol–water partition coefficient (Wildman–Crippen LogP) is 1.67. The van der Waals surface area contributed by atoms with Crippen molar-refractivity contribution in [1.82, 2.24) is 10.2 Å². The number of benzene rings is 2. The first kappa shape index (κ1) is 20.6. The van der Waals surface area contributed by atoms with Crippen molar-refractivity contribution >= 4 is 27.2 Å². The van der Waals surface area contributed by atoms with Gasteiger partial charge in [0.15, 0.2) is 4.91 Å². The second-order valence-electron chi connectivity index (χ2n) is 7.27. The number of carbonyl (C=O) groups excluding carboxylic acids is 1. The van der Waals surface area contributed by atoms with E-state index in [0.717, 1.165) is 18.7 Å². The maximum Gasteiger partial charge on any atom is 0.270 e. The average Bonchev–Trinajstić information content (AvgIpc) is 2.77. The van der Waals surface area contributed by atoms with E-state index in [1.165, 1.54) is 11.4 Å². The zero-order valence-electron chi connectivity index (χ0n) is 16.9. The van der Waals surface area contributed by atoms with Gasteiger partial charge in [-0.25, -0.2) is 8.42 Å². The fourth-order valence-corrected chi connectivity index (χ4v) is 5.32. The molecule has 2 aromatic rings. The van der Waals surface area contributed by atoms with E-state index in [4.69, 9.17) is 4.74 Å². The van der Waals surface area contributed by atoms with E-state index in [1.807, 2.05) is 42.5 Å². The van der Waals surface area contributed by atoms with Crippen LogP contribution in [0.1, 0.15) is 11.1 Å². The van der Waals surface area contributed by atoms with Crippen LogP contribution in [0.25, 0.3) is 5.57 Å². The third kappa shape index (κ3) is 3.86. The molecule has 0 atom stereocenters. The number of para-hydroxylation sites is 1. The minimum absolute atomic E-state index is 0.211. The lowest BCUT2D eigenvalue weighted by molar-refractivity contribution is -0.116. The maximum atomic E-state index is 13.3. The van der Waals surface area contributed by atoms with Crippen LogP contribution in [0, 0.1) is 0 Å². The summed E-state index contributed by atoms with van der Waals surface area (Å²) < 4.78 is 33.2. The Morgan fingerprint density at radius 1 is 1.03 bits per heavy atom. The van der Waals surface area contributed by atoms with E-state index in [0.29, 0.717) is 43.1 Å². The molecule has 1 fully saturated rings. The topological polar surface area (TPSA) is 79.0 Å². The molecular weight excluding hydrogens is 402 g/mol. The molecule has 0 aromatic heterocycles. The van der Waals surface area contributed by atoms with Gasteiger partial charge in [0.1, 0.15) is 0 Å². The molecule has 2 aliphatic heterocycles. The summed E-state index contributed by atoms with van der Waals surface area (Å²) in [4.78, 5) is 15.2. The van der Waals surface area contributed by atoms with Gasteiger partial charge in [-0.15, -0.1) is 0 Å². The number of carbonyl (C=O) groups is 1. The number of hydrogen-bond acceptors (Lipinski definition) is 5. The molecular formula is C22H25N3O4S. The highest BCUT2D eigenvalue weighted by atomic mass is 32.2. The van der Waals surface area contributed by atoms with E-state index >= 15 is 0 Å². The molecule has 0 radical (unpaired) electrons. The van der Waals surface area contributed by atoms with Crippen LogP contribution in [0.15, 0.2) is 59.5 Å². The van der Waals surface area contributed by atoms with Gasteiger partial charge in [-0.05, 0) is 11.6 Å². The van der Waals surface area contributed by atoms with Crippen molar-refractivity contribution in [2.75, 3.05) is 50.7 Å². The van der Waals surface area contributed by atoms with Gasteiger partial charge in [-0.3, -0.25) is 14.0 Å². The van der Waals surface area contributed by atoms with E-state index in [9.17, 15) is 13.2 Å². The third-order valence-corrected chi connectivity index (χ3v) is 7.27. The van der Waals surface area contributed by atoms with Crippen LogP contribution >= 0.6 is 0 Å². The van der Waals surface area contributed by atoms with E-state index < -0.39 is 15.9 Å². The van der Waals surface area contributed by atoms with Crippen LogP contribution in [0.4, 0.5) is 5.69 Å². The van der Waals surface area contributed by atoms with Gasteiger partial charge in [0.2, 0.25) is 0 Å². The molecule has 7 nitrogen and oxygen atoms in total. The highest BCUT2D eigenvalue weighted by Crippen LogP contribution is 2.41. The van der Waals surface area contributed by atoms with Crippen molar-refractivity contribution in [3.8, 4) is 0 Å².